The van der Waals surface area contributed by atoms with Gasteiger partial charge in [-0.1, -0.05) is 30.3 Å². The maximum Gasteiger partial charge on any atom is 0.252 e. The molecule has 162 valence electrons. The number of carbonyl (C=O) groups excluding carboxylic acids is 1. The maximum atomic E-state index is 13.1. The molecule has 0 saturated heterocycles. The predicted molar refractivity (Wildman–Crippen MR) is 121 cm³/mol. The molecule has 31 heavy (non-hydrogen) atoms. The number of nitrogens with one attached hydrogen (secondary N) is 1. The van der Waals surface area contributed by atoms with Crippen molar-refractivity contribution in [3.05, 3.63) is 65.1 Å². The Labute approximate surface area is 183 Å². The van der Waals surface area contributed by atoms with E-state index in [1.54, 1.807) is 4.68 Å². The summed E-state index contributed by atoms with van der Waals surface area (Å²) < 4.78 is 1.61. The molecular formula is C24H30N6O. The summed E-state index contributed by atoms with van der Waals surface area (Å²) in [5.41, 5.74) is 3.73. The number of hydrogen-bond acceptors (Lipinski definition) is 5. The largest absolute Gasteiger partial charge is 0.309 e. The lowest BCUT2D eigenvalue weighted by molar-refractivity contribution is -0.118. The monoisotopic (exact) mass is 418 g/mol. The van der Waals surface area contributed by atoms with Crippen LogP contribution in [0.4, 0.5) is 5.82 Å². The zero-order valence-corrected chi connectivity index (χ0v) is 18.7. The van der Waals surface area contributed by atoms with Crippen molar-refractivity contribution in [1.82, 2.24) is 24.6 Å². The van der Waals surface area contributed by atoms with Crippen molar-refractivity contribution in [3.8, 4) is 5.95 Å². The number of aryl methyl sites for hydroxylation is 3. The van der Waals surface area contributed by atoms with E-state index in [1.807, 2.05) is 51.1 Å². The molecule has 1 aromatic carbocycles. The zero-order valence-electron chi connectivity index (χ0n) is 18.7. The fraction of sp³-hybridized carbons (Fsp3) is 0.417. The second kappa shape index (κ2) is 8.98. The van der Waals surface area contributed by atoms with E-state index in [2.05, 4.69) is 44.3 Å². The van der Waals surface area contributed by atoms with Crippen LogP contribution in [0.5, 0.6) is 0 Å². The summed E-state index contributed by atoms with van der Waals surface area (Å²) in [5, 5.41) is 7.54. The van der Waals surface area contributed by atoms with Crippen LogP contribution in [-0.2, 0) is 11.3 Å². The van der Waals surface area contributed by atoms with Crippen LogP contribution in [0.1, 0.15) is 42.4 Å². The maximum absolute atomic E-state index is 13.1. The van der Waals surface area contributed by atoms with Crippen LogP contribution in [0.3, 0.4) is 0 Å². The molecule has 1 aliphatic rings. The number of rotatable bonds is 8. The number of nitrogens with zero attached hydrogens (tertiary/aromatic N) is 5. The van der Waals surface area contributed by atoms with Crippen LogP contribution in [-0.4, -0.2) is 43.1 Å². The fourth-order valence-electron chi connectivity index (χ4n) is 3.95. The molecule has 7 heteroatoms. The van der Waals surface area contributed by atoms with Crippen LogP contribution < -0.4 is 5.32 Å². The summed E-state index contributed by atoms with van der Waals surface area (Å²) in [5.74, 6) is 1.67. The van der Waals surface area contributed by atoms with Gasteiger partial charge in [-0.3, -0.25) is 9.69 Å². The number of benzene rings is 1. The lowest BCUT2D eigenvalue weighted by atomic mass is 10.1. The first-order chi connectivity index (χ1) is 14.9. The van der Waals surface area contributed by atoms with Gasteiger partial charge in [0.05, 0.1) is 12.2 Å². The first kappa shape index (κ1) is 21.2. The molecule has 1 atom stereocenters. The van der Waals surface area contributed by atoms with E-state index in [4.69, 9.17) is 0 Å². The first-order valence-electron chi connectivity index (χ1n) is 10.9. The lowest BCUT2D eigenvalue weighted by Gasteiger charge is -2.28. The third-order valence-corrected chi connectivity index (χ3v) is 5.71. The molecule has 1 saturated carbocycles. The highest BCUT2D eigenvalue weighted by molar-refractivity contribution is 5.91. The van der Waals surface area contributed by atoms with Gasteiger partial charge < -0.3 is 5.32 Å². The molecule has 1 N–H and O–H groups in total. The van der Waals surface area contributed by atoms with E-state index in [1.165, 1.54) is 18.4 Å². The highest BCUT2D eigenvalue weighted by Gasteiger charge is 2.33. The molecule has 1 unspecified atom stereocenters. The van der Waals surface area contributed by atoms with Crippen molar-refractivity contribution < 1.29 is 4.79 Å². The van der Waals surface area contributed by atoms with Gasteiger partial charge in [0.15, 0.2) is 0 Å². The van der Waals surface area contributed by atoms with Gasteiger partial charge in [-0.15, -0.1) is 0 Å². The molecule has 2 heterocycles. The van der Waals surface area contributed by atoms with Crippen molar-refractivity contribution in [1.29, 1.82) is 0 Å². The van der Waals surface area contributed by atoms with E-state index >= 15 is 0 Å². The number of amides is 1. The van der Waals surface area contributed by atoms with Gasteiger partial charge in [0, 0.05) is 30.0 Å². The van der Waals surface area contributed by atoms with E-state index in [0.717, 1.165) is 23.6 Å². The molecule has 1 fully saturated rings. The van der Waals surface area contributed by atoms with E-state index in [9.17, 15) is 4.79 Å². The van der Waals surface area contributed by atoms with Crippen LogP contribution in [0.15, 0.2) is 42.5 Å². The van der Waals surface area contributed by atoms with Crippen molar-refractivity contribution in [2.45, 2.75) is 53.1 Å². The quantitative estimate of drug-likeness (QED) is 0.602. The second-order valence-electron chi connectivity index (χ2n) is 8.55. The van der Waals surface area contributed by atoms with E-state index in [0.29, 0.717) is 30.3 Å². The standard InChI is InChI=1S/C24H30N6O/c1-16-12-17(2)26-24(25-16)30-22(13-18(3)28-30)27-23(31)15-29(19(4)21-10-11-21)14-20-8-6-5-7-9-20/h5-9,12-13,19,21H,10-11,14-15H2,1-4H3,(H,27,31). The molecule has 3 aromatic rings. The van der Waals surface area contributed by atoms with Gasteiger partial charge >= 0.3 is 0 Å². The molecule has 4 rings (SSSR count). The van der Waals surface area contributed by atoms with Gasteiger partial charge in [-0.05, 0) is 58.1 Å². The second-order valence-corrected chi connectivity index (χ2v) is 8.55. The summed E-state index contributed by atoms with van der Waals surface area (Å²) >= 11 is 0. The molecule has 0 spiro atoms. The summed E-state index contributed by atoms with van der Waals surface area (Å²) in [6.07, 6.45) is 2.48. The van der Waals surface area contributed by atoms with Crippen LogP contribution in [0.25, 0.3) is 5.95 Å². The number of anilines is 1. The Morgan fingerprint density at radius 3 is 2.42 bits per heavy atom. The normalized spacial score (nSPS) is 14.6. The third kappa shape index (κ3) is 5.35. The van der Waals surface area contributed by atoms with E-state index in [-0.39, 0.29) is 5.91 Å². The molecule has 2 aromatic heterocycles. The van der Waals surface area contributed by atoms with Gasteiger partial charge in [0.1, 0.15) is 5.82 Å². The van der Waals surface area contributed by atoms with Crippen molar-refractivity contribution in [3.63, 3.8) is 0 Å². The Balaban J connectivity index is 1.51. The van der Waals surface area contributed by atoms with Crippen molar-refractivity contribution in [2.75, 3.05) is 11.9 Å². The number of aromatic nitrogens is 4. The Kier molecular flexibility index (Phi) is 6.13. The topological polar surface area (TPSA) is 75.9 Å². The number of carbonyl (C=O) groups is 1. The average Bonchev–Trinajstić information content (AvgIpc) is 3.50. The van der Waals surface area contributed by atoms with Crippen LogP contribution in [0, 0.1) is 26.7 Å². The van der Waals surface area contributed by atoms with E-state index < -0.39 is 0 Å². The Morgan fingerprint density at radius 2 is 1.77 bits per heavy atom. The first-order valence-corrected chi connectivity index (χ1v) is 10.9. The molecule has 0 aliphatic heterocycles. The minimum Gasteiger partial charge on any atom is -0.309 e. The van der Waals surface area contributed by atoms with Crippen molar-refractivity contribution >= 4 is 11.7 Å². The summed E-state index contributed by atoms with van der Waals surface area (Å²) in [7, 11) is 0. The minimum atomic E-state index is -0.0612. The van der Waals surface area contributed by atoms with Gasteiger partial charge in [-0.25, -0.2) is 9.97 Å². The Hall–Kier alpha value is -3.06. The van der Waals surface area contributed by atoms with Crippen LogP contribution >= 0.6 is 0 Å². The van der Waals surface area contributed by atoms with Gasteiger partial charge in [-0.2, -0.15) is 9.78 Å². The van der Waals surface area contributed by atoms with Gasteiger partial charge in [0.25, 0.3) is 5.95 Å². The third-order valence-electron chi connectivity index (χ3n) is 5.71. The number of hydrogen-bond donors (Lipinski definition) is 1. The van der Waals surface area contributed by atoms with Crippen molar-refractivity contribution in [2.24, 2.45) is 5.92 Å². The summed E-state index contributed by atoms with van der Waals surface area (Å²) in [6.45, 7) is 9.05. The highest BCUT2D eigenvalue weighted by Crippen LogP contribution is 2.35. The summed E-state index contributed by atoms with van der Waals surface area (Å²) in [4.78, 5) is 24.3. The Bertz CT molecular complexity index is 1040. The molecular weight excluding hydrogens is 388 g/mol. The van der Waals surface area contributed by atoms with Gasteiger partial charge in [0.2, 0.25) is 5.91 Å². The SMILES string of the molecule is Cc1cc(C)nc(-n2nc(C)cc2NC(=O)CN(Cc2ccccc2)C(C)C2CC2)n1. The molecule has 1 amide bonds. The molecule has 0 bridgehead atoms. The fourth-order valence-corrected chi connectivity index (χ4v) is 3.95. The molecule has 0 radical (unpaired) electrons. The zero-order chi connectivity index (χ0) is 22.0. The van der Waals surface area contributed by atoms with Crippen LogP contribution in [0.2, 0.25) is 0 Å². The predicted octanol–water partition coefficient (Wildman–Crippen LogP) is 3.83. The Morgan fingerprint density at radius 1 is 1.10 bits per heavy atom. The minimum absolute atomic E-state index is 0.0612. The summed E-state index contributed by atoms with van der Waals surface area (Å²) in [6, 6.07) is 14.5. The molecule has 7 nitrogen and oxygen atoms in total. The lowest BCUT2D eigenvalue weighted by Crippen LogP contribution is -2.40. The smallest absolute Gasteiger partial charge is 0.252 e. The average molecular weight is 419 g/mol. The molecule has 1 aliphatic carbocycles. The highest BCUT2D eigenvalue weighted by atomic mass is 16.2.